The summed E-state index contributed by atoms with van der Waals surface area (Å²) in [5, 5.41) is 0. The summed E-state index contributed by atoms with van der Waals surface area (Å²) in [5.41, 5.74) is 0.131. The number of carbonyl (C=O) groups is 1. The Balaban J connectivity index is 1.58. The zero-order chi connectivity index (χ0) is 15.4. The summed E-state index contributed by atoms with van der Waals surface area (Å²) in [6.07, 6.45) is 3.17. The van der Waals surface area contributed by atoms with Gasteiger partial charge in [0.15, 0.2) is 0 Å². The van der Waals surface area contributed by atoms with Crippen molar-refractivity contribution in [2.45, 2.75) is 18.9 Å². The topological polar surface area (TPSA) is 42.4 Å². The average Bonchev–Trinajstić information content (AvgIpc) is 2.56. The molecule has 0 saturated carbocycles. The first kappa shape index (κ1) is 14.5. The van der Waals surface area contributed by atoms with Crippen LogP contribution < -0.4 is 4.74 Å². The fourth-order valence-electron chi connectivity index (χ4n) is 2.57. The Morgan fingerprint density at radius 1 is 1.14 bits per heavy atom. The zero-order valence-electron chi connectivity index (χ0n) is 12.1. The van der Waals surface area contributed by atoms with Crippen LogP contribution in [0.2, 0.25) is 0 Å². The molecule has 0 atom stereocenters. The van der Waals surface area contributed by atoms with Crippen LogP contribution in [0.25, 0.3) is 0 Å². The van der Waals surface area contributed by atoms with E-state index in [1.165, 1.54) is 12.1 Å². The molecule has 2 heterocycles. The number of pyridine rings is 1. The quantitative estimate of drug-likeness (QED) is 0.875. The van der Waals surface area contributed by atoms with E-state index in [0.717, 1.165) is 12.8 Å². The molecule has 0 radical (unpaired) electrons. The molecular formula is C17H17FN2O2. The van der Waals surface area contributed by atoms with Crippen molar-refractivity contribution < 1.29 is 13.9 Å². The highest BCUT2D eigenvalue weighted by molar-refractivity contribution is 5.94. The second-order valence-corrected chi connectivity index (χ2v) is 5.26. The van der Waals surface area contributed by atoms with E-state index in [4.69, 9.17) is 4.74 Å². The molecule has 2 aromatic rings. The van der Waals surface area contributed by atoms with Crippen LogP contribution in [0.15, 0.2) is 48.7 Å². The van der Waals surface area contributed by atoms with E-state index >= 15 is 0 Å². The smallest absolute Gasteiger partial charge is 0.256 e. The lowest BCUT2D eigenvalue weighted by atomic mass is 10.1. The van der Waals surface area contributed by atoms with E-state index in [1.54, 1.807) is 23.2 Å². The monoisotopic (exact) mass is 300 g/mol. The fourth-order valence-corrected chi connectivity index (χ4v) is 2.57. The number of carbonyl (C=O) groups excluding carboxylic acids is 1. The predicted octanol–water partition coefficient (Wildman–Crippen LogP) is 2.90. The van der Waals surface area contributed by atoms with Crippen molar-refractivity contribution in [1.29, 1.82) is 0 Å². The number of likely N-dealkylation sites (tertiary alicyclic amines) is 1. The van der Waals surface area contributed by atoms with E-state index in [1.807, 2.05) is 18.2 Å². The van der Waals surface area contributed by atoms with Crippen LogP contribution in [0.3, 0.4) is 0 Å². The van der Waals surface area contributed by atoms with Crippen molar-refractivity contribution in [3.63, 3.8) is 0 Å². The highest BCUT2D eigenvalue weighted by Gasteiger charge is 2.26. The standard InChI is InChI=1S/C17H17FN2O2/c18-15-6-2-1-5-14(15)17(21)20-11-8-13(9-12-20)22-16-7-3-4-10-19-16/h1-7,10,13H,8-9,11-12H2. The molecule has 0 spiro atoms. The van der Waals surface area contributed by atoms with E-state index in [2.05, 4.69) is 4.98 Å². The van der Waals surface area contributed by atoms with Gasteiger partial charge in [-0.2, -0.15) is 0 Å². The summed E-state index contributed by atoms with van der Waals surface area (Å²) in [5.74, 6) is -0.130. The van der Waals surface area contributed by atoms with Gasteiger partial charge in [0.05, 0.1) is 5.56 Å². The number of ether oxygens (including phenoxy) is 1. The Morgan fingerprint density at radius 3 is 2.55 bits per heavy atom. The SMILES string of the molecule is O=C(c1ccccc1F)N1CCC(Oc2ccccn2)CC1. The molecule has 1 amide bonds. The minimum Gasteiger partial charge on any atom is -0.474 e. The molecule has 0 unspecified atom stereocenters. The van der Waals surface area contributed by atoms with Gasteiger partial charge in [0.25, 0.3) is 5.91 Å². The number of piperidine rings is 1. The molecule has 0 bridgehead atoms. The molecule has 1 saturated heterocycles. The van der Waals surface area contributed by atoms with Crippen LogP contribution in [0.5, 0.6) is 5.88 Å². The third kappa shape index (κ3) is 3.24. The Bertz CT molecular complexity index is 640. The van der Waals surface area contributed by atoms with Gasteiger partial charge in [-0.3, -0.25) is 4.79 Å². The summed E-state index contributed by atoms with van der Waals surface area (Å²) in [6.45, 7) is 1.12. The van der Waals surface area contributed by atoms with Gasteiger partial charge in [0.1, 0.15) is 11.9 Å². The van der Waals surface area contributed by atoms with Crippen LogP contribution >= 0.6 is 0 Å². The van der Waals surface area contributed by atoms with Crippen molar-refractivity contribution in [3.05, 3.63) is 60.0 Å². The third-order valence-corrected chi connectivity index (χ3v) is 3.76. The molecule has 0 aliphatic carbocycles. The van der Waals surface area contributed by atoms with Crippen LogP contribution in [-0.4, -0.2) is 35.0 Å². The summed E-state index contributed by atoms with van der Waals surface area (Å²) < 4.78 is 19.5. The summed E-state index contributed by atoms with van der Waals surface area (Å²) in [6, 6.07) is 11.6. The molecule has 1 aromatic heterocycles. The molecule has 22 heavy (non-hydrogen) atoms. The maximum Gasteiger partial charge on any atom is 0.256 e. The lowest BCUT2D eigenvalue weighted by Crippen LogP contribution is -2.42. The number of nitrogens with zero attached hydrogens (tertiary/aromatic N) is 2. The van der Waals surface area contributed by atoms with E-state index in [0.29, 0.717) is 19.0 Å². The maximum absolute atomic E-state index is 13.7. The Kier molecular flexibility index (Phi) is 4.32. The molecular weight excluding hydrogens is 283 g/mol. The fraction of sp³-hybridized carbons (Fsp3) is 0.294. The Morgan fingerprint density at radius 2 is 1.86 bits per heavy atom. The van der Waals surface area contributed by atoms with Gasteiger partial charge in [0, 0.05) is 38.2 Å². The first-order valence-corrected chi connectivity index (χ1v) is 7.35. The molecule has 5 heteroatoms. The molecule has 3 rings (SSSR count). The second kappa shape index (κ2) is 6.56. The lowest BCUT2D eigenvalue weighted by molar-refractivity contribution is 0.0584. The number of amides is 1. The first-order chi connectivity index (χ1) is 10.7. The average molecular weight is 300 g/mol. The summed E-state index contributed by atoms with van der Waals surface area (Å²) >= 11 is 0. The maximum atomic E-state index is 13.7. The van der Waals surface area contributed by atoms with Crippen molar-refractivity contribution >= 4 is 5.91 Å². The van der Waals surface area contributed by atoms with Gasteiger partial charge in [-0.25, -0.2) is 9.37 Å². The molecule has 4 nitrogen and oxygen atoms in total. The van der Waals surface area contributed by atoms with E-state index < -0.39 is 5.82 Å². The summed E-state index contributed by atoms with van der Waals surface area (Å²) in [7, 11) is 0. The van der Waals surface area contributed by atoms with Gasteiger partial charge in [0.2, 0.25) is 5.88 Å². The van der Waals surface area contributed by atoms with Crippen LogP contribution in [0.1, 0.15) is 23.2 Å². The molecule has 1 aliphatic heterocycles. The number of hydrogen-bond acceptors (Lipinski definition) is 3. The van der Waals surface area contributed by atoms with Crippen molar-refractivity contribution in [3.8, 4) is 5.88 Å². The minimum absolute atomic E-state index is 0.0413. The van der Waals surface area contributed by atoms with Crippen LogP contribution in [0.4, 0.5) is 4.39 Å². The van der Waals surface area contributed by atoms with E-state index in [-0.39, 0.29) is 17.6 Å². The third-order valence-electron chi connectivity index (χ3n) is 3.76. The molecule has 1 fully saturated rings. The first-order valence-electron chi connectivity index (χ1n) is 7.35. The van der Waals surface area contributed by atoms with Crippen molar-refractivity contribution in [1.82, 2.24) is 9.88 Å². The number of benzene rings is 1. The largest absolute Gasteiger partial charge is 0.474 e. The normalized spacial score (nSPS) is 15.6. The summed E-state index contributed by atoms with van der Waals surface area (Å²) in [4.78, 5) is 18.1. The highest BCUT2D eigenvalue weighted by Crippen LogP contribution is 2.19. The van der Waals surface area contributed by atoms with Crippen LogP contribution in [0, 0.1) is 5.82 Å². The van der Waals surface area contributed by atoms with Gasteiger partial charge < -0.3 is 9.64 Å². The second-order valence-electron chi connectivity index (χ2n) is 5.26. The Labute approximate surface area is 128 Å². The van der Waals surface area contributed by atoms with E-state index in [9.17, 15) is 9.18 Å². The number of aromatic nitrogens is 1. The Hall–Kier alpha value is -2.43. The van der Waals surface area contributed by atoms with Crippen molar-refractivity contribution in [2.24, 2.45) is 0 Å². The minimum atomic E-state index is -0.473. The van der Waals surface area contributed by atoms with Crippen molar-refractivity contribution in [2.75, 3.05) is 13.1 Å². The van der Waals surface area contributed by atoms with Gasteiger partial charge >= 0.3 is 0 Å². The zero-order valence-corrected chi connectivity index (χ0v) is 12.1. The molecule has 114 valence electrons. The molecule has 0 N–H and O–H groups in total. The number of halogens is 1. The molecule has 1 aliphatic rings. The predicted molar refractivity (Wildman–Crippen MR) is 80.2 cm³/mol. The number of rotatable bonds is 3. The highest BCUT2D eigenvalue weighted by atomic mass is 19.1. The van der Waals surface area contributed by atoms with Gasteiger partial charge in [-0.05, 0) is 18.2 Å². The molecule has 1 aromatic carbocycles. The lowest BCUT2D eigenvalue weighted by Gasteiger charge is -2.32. The van der Waals surface area contributed by atoms with Crippen LogP contribution in [-0.2, 0) is 0 Å². The number of hydrogen-bond donors (Lipinski definition) is 0. The van der Waals surface area contributed by atoms with Gasteiger partial charge in [-0.1, -0.05) is 18.2 Å². The van der Waals surface area contributed by atoms with Gasteiger partial charge in [-0.15, -0.1) is 0 Å².